The minimum Gasteiger partial charge on any atom is -0.0845 e. The first-order valence-electron chi connectivity index (χ1n) is 3.57. The summed E-state index contributed by atoms with van der Waals surface area (Å²) in [5, 5.41) is 0. The minimum atomic E-state index is 1.20. The Morgan fingerprint density at radius 3 is 2.78 bits per heavy atom. The lowest BCUT2D eigenvalue weighted by Gasteiger charge is -1.84. The molecule has 0 aromatic carbocycles. The first-order chi connectivity index (χ1) is 4.41. The van der Waals surface area contributed by atoms with Gasteiger partial charge in [-0.1, -0.05) is 38.0 Å². The Bertz CT molecular complexity index is 88.2. The van der Waals surface area contributed by atoms with Crippen LogP contribution in [-0.4, -0.2) is 0 Å². The van der Waals surface area contributed by atoms with Crippen LogP contribution in [0.5, 0.6) is 0 Å². The normalized spacial score (nSPS) is 11.8. The summed E-state index contributed by atoms with van der Waals surface area (Å²) < 4.78 is 0. The zero-order valence-corrected chi connectivity index (χ0v) is 6.35. The monoisotopic (exact) mass is 123 g/mol. The summed E-state index contributed by atoms with van der Waals surface area (Å²) in [6.45, 7) is 4.11. The van der Waals surface area contributed by atoms with E-state index in [2.05, 4.69) is 25.2 Å². The molecule has 0 aromatic rings. The highest BCUT2D eigenvalue weighted by atomic mass is 13.8. The first kappa shape index (κ1) is 8.48. The highest BCUT2D eigenvalue weighted by molar-refractivity contribution is 4.97. The van der Waals surface area contributed by atoms with Gasteiger partial charge in [0.05, 0.1) is 0 Å². The van der Waals surface area contributed by atoms with Crippen LogP contribution in [0.15, 0.2) is 18.2 Å². The van der Waals surface area contributed by atoms with E-state index in [9.17, 15) is 0 Å². The molecule has 0 aliphatic rings. The number of rotatable bonds is 4. The van der Waals surface area contributed by atoms with Crippen molar-refractivity contribution >= 4 is 0 Å². The Labute approximate surface area is 58.3 Å². The van der Waals surface area contributed by atoms with Crippen LogP contribution in [0.2, 0.25) is 0 Å². The van der Waals surface area contributed by atoms with Crippen LogP contribution >= 0.6 is 0 Å². The van der Waals surface area contributed by atoms with E-state index < -0.39 is 0 Å². The van der Waals surface area contributed by atoms with Gasteiger partial charge in [0.15, 0.2) is 0 Å². The van der Waals surface area contributed by atoms with Crippen molar-refractivity contribution in [3.8, 4) is 0 Å². The Balaban J connectivity index is 3.04. The van der Waals surface area contributed by atoms with Crippen LogP contribution in [0.4, 0.5) is 0 Å². The molecule has 0 heteroatoms. The van der Waals surface area contributed by atoms with Gasteiger partial charge in [-0.3, -0.25) is 0 Å². The van der Waals surface area contributed by atoms with E-state index >= 15 is 0 Å². The summed E-state index contributed by atoms with van der Waals surface area (Å²) in [7, 11) is 0. The molecule has 0 aromatic heterocycles. The summed E-state index contributed by atoms with van der Waals surface area (Å²) in [6.07, 6.45) is 12.9. The van der Waals surface area contributed by atoms with Gasteiger partial charge in [-0.25, -0.2) is 0 Å². The topological polar surface area (TPSA) is 0 Å². The molecule has 0 unspecified atom stereocenters. The van der Waals surface area contributed by atoms with Crippen LogP contribution in [0.3, 0.4) is 0 Å². The molecule has 0 nitrogen and oxygen atoms in total. The molecule has 9 heavy (non-hydrogen) atoms. The highest BCUT2D eigenvalue weighted by Gasteiger charge is 1.74. The molecule has 0 N–H and O–H groups in total. The second kappa shape index (κ2) is 7.48. The van der Waals surface area contributed by atoms with E-state index in [0.29, 0.717) is 0 Å². The lowest BCUT2D eigenvalue weighted by Crippen LogP contribution is -1.64. The van der Waals surface area contributed by atoms with Gasteiger partial charge in [0, 0.05) is 0 Å². The fourth-order valence-corrected chi connectivity index (χ4v) is 0.582. The van der Waals surface area contributed by atoms with E-state index in [1.807, 2.05) is 13.0 Å². The van der Waals surface area contributed by atoms with Crippen molar-refractivity contribution in [3.05, 3.63) is 24.3 Å². The smallest absolute Gasteiger partial charge is 0.0348 e. The average Bonchev–Trinajstić information content (AvgIpc) is 1.89. The van der Waals surface area contributed by atoms with Gasteiger partial charge in [-0.2, -0.15) is 0 Å². The molecule has 0 heterocycles. The third kappa shape index (κ3) is 7.48. The maximum Gasteiger partial charge on any atom is -0.0348 e. The third-order valence-electron chi connectivity index (χ3n) is 1.12. The lowest BCUT2D eigenvalue weighted by molar-refractivity contribution is 0.815. The fourth-order valence-electron chi connectivity index (χ4n) is 0.582. The van der Waals surface area contributed by atoms with Crippen molar-refractivity contribution in [3.63, 3.8) is 0 Å². The molecule has 0 saturated heterocycles. The van der Waals surface area contributed by atoms with Crippen molar-refractivity contribution in [1.29, 1.82) is 0 Å². The standard InChI is InChI=1S/C9H15/c1-3-5-7-9-8-6-4-2/h6,8-9H,3,5,7H2,1-2H3/b6-4?,9-8+. The molecule has 0 aliphatic heterocycles. The van der Waals surface area contributed by atoms with E-state index in [0.717, 1.165) is 0 Å². The van der Waals surface area contributed by atoms with Gasteiger partial charge in [-0.15, -0.1) is 0 Å². The molecule has 51 valence electrons. The van der Waals surface area contributed by atoms with Crippen LogP contribution in [0, 0.1) is 6.08 Å². The van der Waals surface area contributed by atoms with Crippen LogP contribution in [0.25, 0.3) is 0 Å². The molecular weight excluding hydrogens is 108 g/mol. The van der Waals surface area contributed by atoms with Gasteiger partial charge >= 0.3 is 0 Å². The summed E-state index contributed by atoms with van der Waals surface area (Å²) in [6, 6.07) is 0. The zero-order valence-electron chi connectivity index (χ0n) is 6.35. The van der Waals surface area contributed by atoms with Crippen molar-refractivity contribution < 1.29 is 0 Å². The Morgan fingerprint density at radius 2 is 2.22 bits per heavy atom. The number of hydrogen-bond acceptors (Lipinski definition) is 0. The predicted molar refractivity (Wildman–Crippen MR) is 42.2 cm³/mol. The molecule has 0 fully saturated rings. The van der Waals surface area contributed by atoms with E-state index in [1.165, 1.54) is 19.3 Å². The fraction of sp³-hybridized carbons (Fsp3) is 0.556. The molecular formula is C9H15. The third-order valence-corrected chi connectivity index (χ3v) is 1.12. The van der Waals surface area contributed by atoms with Crippen molar-refractivity contribution in [1.82, 2.24) is 0 Å². The minimum absolute atomic E-state index is 1.20. The lowest BCUT2D eigenvalue weighted by atomic mass is 10.2. The quantitative estimate of drug-likeness (QED) is 0.398. The summed E-state index contributed by atoms with van der Waals surface area (Å²) in [4.78, 5) is 0. The maximum absolute atomic E-state index is 2.93. The van der Waals surface area contributed by atoms with Gasteiger partial charge < -0.3 is 0 Å². The molecule has 0 spiro atoms. The van der Waals surface area contributed by atoms with Crippen molar-refractivity contribution in [2.24, 2.45) is 0 Å². The van der Waals surface area contributed by atoms with Crippen LogP contribution in [0.1, 0.15) is 33.1 Å². The van der Waals surface area contributed by atoms with Gasteiger partial charge in [-0.05, 0) is 19.4 Å². The number of hydrogen-bond donors (Lipinski definition) is 0. The Hall–Kier alpha value is -0.520. The van der Waals surface area contributed by atoms with Gasteiger partial charge in [0.1, 0.15) is 0 Å². The molecule has 0 atom stereocenters. The predicted octanol–water partition coefficient (Wildman–Crippen LogP) is 3.11. The summed E-state index contributed by atoms with van der Waals surface area (Å²) >= 11 is 0. The second-order valence-corrected chi connectivity index (χ2v) is 2.03. The van der Waals surface area contributed by atoms with Gasteiger partial charge in [0.2, 0.25) is 0 Å². The number of unbranched alkanes of at least 4 members (excludes halogenated alkanes) is 2. The zero-order chi connectivity index (χ0) is 6.95. The largest absolute Gasteiger partial charge is 0.0845 e. The second-order valence-electron chi connectivity index (χ2n) is 2.03. The van der Waals surface area contributed by atoms with Gasteiger partial charge in [0.25, 0.3) is 0 Å². The molecule has 0 rings (SSSR count). The maximum atomic E-state index is 2.93. The summed E-state index contributed by atoms with van der Waals surface area (Å²) in [5.41, 5.74) is 0. The highest BCUT2D eigenvalue weighted by Crippen LogP contribution is 1.94. The Morgan fingerprint density at radius 1 is 1.44 bits per heavy atom. The molecule has 0 aliphatic carbocycles. The summed E-state index contributed by atoms with van der Waals surface area (Å²) in [5.74, 6) is 0. The van der Waals surface area contributed by atoms with E-state index in [1.54, 1.807) is 0 Å². The SMILES string of the molecule is C/[C]=C\C=C\CCCC. The average molecular weight is 123 g/mol. The Kier molecular flexibility index (Phi) is 7.05. The van der Waals surface area contributed by atoms with Crippen LogP contribution < -0.4 is 0 Å². The molecule has 0 saturated carbocycles. The van der Waals surface area contributed by atoms with E-state index in [4.69, 9.17) is 0 Å². The van der Waals surface area contributed by atoms with E-state index in [-0.39, 0.29) is 0 Å². The van der Waals surface area contributed by atoms with Crippen molar-refractivity contribution in [2.75, 3.05) is 0 Å². The van der Waals surface area contributed by atoms with Crippen LogP contribution in [-0.2, 0) is 0 Å². The first-order valence-corrected chi connectivity index (χ1v) is 3.57. The molecule has 0 amide bonds. The number of allylic oxidation sites excluding steroid dienone is 4. The van der Waals surface area contributed by atoms with Crippen molar-refractivity contribution in [2.45, 2.75) is 33.1 Å². The molecule has 1 radical (unpaired) electrons. The molecule has 0 bridgehead atoms.